The Balaban J connectivity index is 2.00. The average Bonchev–Trinajstić information content (AvgIpc) is 2.60. The summed E-state index contributed by atoms with van der Waals surface area (Å²) in [5.41, 5.74) is 5.99. The standard InChI is InChI=1S/C16H18N4O5S/c1-20(2)26(23,24)12-6-3-5-11(9-12)19-14(21)10-25-16(22)13-7-4-8-18-15(13)17/h3-9H,10H2,1-2H3,(H2,17,18)(H,19,21)/p+1. The van der Waals surface area contributed by atoms with Crippen molar-refractivity contribution in [2.45, 2.75) is 4.90 Å². The Hall–Kier alpha value is -2.98. The van der Waals surface area contributed by atoms with Crippen molar-refractivity contribution < 1.29 is 27.7 Å². The van der Waals surface area contributed by atoms with Crippen molar-refractivity contribution in [2.24, 2.45) is 0 Å². The molecule has 1 aromatic carbocycles. The molecule has 0 spiro atoms. The molecule has 0 radical (unpaired) electrons. The van der Waals surface area contributed by atoms with Crippen LogP contribution in [0.15, 0.2) is 47.5 Å². The number of esters is 1. The molecule has 4 N–H and O–H groups in total. The quantitative estimate of drug-likeness (QED) is 0.686. The van der Waals surface area contributed by atoms with E-state index >= 15 is 0 Å². The van der Waals surface area contributed by atoms with Crippen LogP contribution in [0.2, 0.25) is 0 Å². The summed E-state index contributed by atoms with van der Waals surface area (Å²) in [6.07, 6.45) is 1.55. The summed E-state index contributed by atoms with van der Waals surface area (Å²) < 4.78 is 30.2. The Morgan fingerprint density at radius 2 is 1.96 bits per heavy atom. The molecule has 138 valence electrons. The lowest BCUT2D eigenvalue weighted by Crippen LogP contribution is -2.24. The number of aromatic amines is 1. The van der Waals surface area contributed by atoms with Crippen molar-refractivity contribution in [3.63, 3.8) is 0 Å². The van der Waals surface area contributed by atoms with Crippen molar-refractivity contribution in [1.82, 2.24) is 4.31 Å². The molecule has 0 saturated heterocycles. The second-order valence-electron chi connectivity index (χ2n) is 5.44. The van der Waals surface area contributed by atoms with Gasteiger partial charge in [-0.2, -0.15) is 0 Å². The molecule has 0 fully saturated rings. The molecule has 1 amide bonds. The number of ether oxygens (including phenoxy) is 1. The van der Waals surface area contributed by atoms with Crippen molar-refractivity contribution in [3.05, 3.63) is 48.2 Å². The minimum absolute atomic E-state index is 0.0323. The molecule has 9 nitrogen and oxygen atoms in total. The number of carbonyl (C=O) groups is 2. The zero-order valence-corrected chi connectivity index (χ0v) is 15.0. The van der Waals surface area contributed by atoms with Gasteiger partial charge in [-0.3, -0.25) is 10.5 Å². The van der Waals surface area contributed by atoms with Crippen LogP contribution in [0, 0.1) is 0 Å². The Kier molecular flexibility index (Phi) is 5.90. The fraction of sp³-hybridized carbons (Fsp3) is 0.188. The van der Waals surface area contributed by atoms with Crippen LogP contribution in [-0.2, 0) is 19.6 Å². The number of pyridine rings is 1. The van der Waals surface area contributed by atoms with Crippen LogP contribution in [0.5, 0.6) is 0 Å². The van der Waals surface area contributed by atoms with E-state index in [2.05, 4.69) is 10.3 Å². The monoisotopic (exact) mass is 379 g/mol. The van der Waals surface area contributed by atoms with Gasteiger partial charge in [-0.25, -0.2) is 22.5 Å². The van der Waals surface area contributed by atoms with Crippen LogP contribution >= 0.6 is 0 Å². The Morgan fingerprint density at radius 1 is 1.23 bits per heavy atom. The lowest BCUT2D eigenvalue weighted by molar-refractivity contribution is -0.360. The zero-order chi connectivity index (χ0) is 19.3. The van der Waals surface area contributed by atoms with Crippen molar-refractivity contribution in [2.75, 3.05) is 31.8 Å². The Morgan fingerprint density at radius 3 is 2.62 bits per heavy atom. The highest BCUT2D eigenvalue weighted by atomic mass is 32.2. The van der Waals surface area contributed by atoms with E-state index in [0.717, 1.165) is 4.31 Å². The minimum atomic E-state index is -3.62. The van der Waals surface area contributed by atoms with Gasteiger partial charge in [0.15, 0.2) is 6.61 Å². The number of carbonyl (C=O) groups excluding carboxylic acids is 2. The van der Waals surface area contributed by atoms with Gasteiger partial charge >= 0.3 is 5.97 Å². The fourth-order valence-corrected chi connectivity index (χ4v) is 2.93. The highest BCUT2D eigenvalue weighted by Crippen LogP contribution is 2.18. The largest absolute Gasteiger partial charge is 0.452 e. The predicted molar refractivity (Wildman–Crippen MR) is 93.6 cm³/mol. The number of nitrogens with zero attached hydrogens (tertiary/aromatic N) is 1. The number of rotatable bonds is 6. The maximum absolute atomic E-state index is 12.1. The maximum atomic E-state index is 12.1. The highest BCUT2D eigenvalue weighted by molar-refractivity contribution is 7.89. The van der Waals surface area contributed by atoms with Crippen LogP contribution < -0.4 is 16.0 Å². The van der Waals surface area contributed by atoms with Crippen molar-refractivity contribution >= 4 is 33.4 Å². The molecule has 0 unspecified atom stereocenters. The summed E-state index contributed by atoms with van der Waals surface area (Å²) in [4.78, 5) is 26.5. The third-order valence-corrected chi connectivity index (χ3v) is 5.15. The number of aromatic nitrogens is 1. The number of amides is 1. The predicted octanol–water partition coefficient (Wildman–Crippen LogP) is 0.129. The number of hydrogen-bond donors (Lipinski definition) is 2. The third-order valence-electron chi connectivity index (χ3n) is 3.34. The average molecular weight is 379 g/mol. The van der Waals surface area contributed by atoms with E-state index in [0.29, 0.717) is 0 Å². The lowest BCUT2D eigenvalue weighted by atomic mass is 10.2. The second-order valence-corrected chi connectivity index (χ2v) is 7.59. The number of H-pyrrole nitrogens is 1. The number of anilines is 2. The van der Waals surface area contributed by atoms with Crippen LogP contribution in [0.25, 0.3) is 0 Å². The summed E-state index contributed by atoms with van der Waals surface area (Å²) in [5.74, 6) is -1.24. The lowest BCUT2D eigenvalue weighted by Gasteiger charge is -2.12. The van der Waals surface area contributed by atoms with E-state index in [9.17, 15) is 18.0 Å². The van der Waals surface area contributed by atoms with E-state index in [1.165, 1.54) is 44.4 Å². The first-order valence-electron chi connectivity index (χ1n) is 7.47. The fourth-order valence-electron chi connectivity index (χ4n) is 1.98. The first-order valence-corrected chi connectivity index (χ1v) is 8.91. The molecule has 0 atom stereocenters. The molecule has 1 heterocycles. The first kappa shape index (κ1) is 19.3. The smallest absolute Gasteiger partial charge is 0.347 e. The first-order chi connectivity index (χ1) is 12.2. The van der Waals surface area contributed by atoms with Crippen LogP contribution in [0.3, 0.4) is 0 Å². The van der Waals surface area contributed by atoms with Gasteiger partial charge in [0.05, 0.1) is 11.1 Å². The minimum Gasteiger partial charge on any atom is -0.452 e. The molecule has 2 aromatic rings. The van der Waals surface area contributed by atoms with E-state index in [1.54, 1.807) is 12.3 Å². The summed E-state index contributed by atoms with van der Waals surface area (Å²) in [6.45, 7) is -0.544. The van der Waals surface area contributed by atoms with Crippen LogP contribution in [-0.4, -0.2) is 45.3 Å². The van der Waals surface area contributed by atoms with Gasteiger partial charge < -0.3 is 10.1 Å². The number of benzene rings is 1. The van der Waals surface area contributed by atoms with Crippen LogP contribution in [0.4, 0.5) is 11.5 Å². The van der Waals surface area contributed by atoms with Gasteiger partial charge in [0.2, 0.25) is 10.0 Å². The van der Waals surface area contributed by atoms with Gasteiger partial charge in [0.1, 0.15) is 5.56 Å². The normalized spacial score (nSPS) is 11.2. The molecule has 26 heavy (non-hydrogen) atoms. The SMILES string of the molecule is CN(C)S(=O)(=O)c1cccc(NC(=O)COC(=O)c2ccc[nH+]c2N)c1. The number of nitrogens with two attached hydrogens (primary N) is 1. The molecule has 1 aromatic heterocycles. The van der Waals surface area contributed by atoms with Crippen LogP contribution in [0.1, 0.15) is 10.4 Å². The molecule has 0 saturated carbocycles. The zero-order valence-electron chi connectivity index (χ0n) is 14.2. The summed E-state index contributed by atoms with van der Waals surface area (Å²) in [7, 11) is -0.803. The molecule has 0 aliphatic rings. The van der Waals surface area contributed by atoms with Gasteiger partial charge in [0.25, 0.3) is 11.7 Å². The van der Waals surface area contributed by atoms with Gasteiger partial charge in [-0.05, 0) is 30.3 Å². The summed E-state index contributed by atoms with van der Waals surface area (Å²) in [5, 5.41) is 2.48. The maximum Gasteiger partial charge on any atom is 0.347 e. The molecule has 10 heteroatoms. The molecular weight excluding hydrogens is 360 g/mol. The van der Waals surface area contributed by atoms with E-state index in [1.807, 2.05) is 0 Å². The highest BCUT2D eigenvalue weighted by Gasteiger charge is 2.19. The molecule has 2 rings (SSSR count). The van der Waals surface area contributed by atoms with Crippen molar-refractivity contribution in [3.8, 4) is 0 Å². The molecule has 0 bridgehead atoms. The number of sulfonamides is 1. The van der Waals surface area contributed by atoms with Gasteiger partial charge in [-0.1, -0.05) is 6.07 Å². The molecule has 0 aliphatic carbocycles. The van der Waals surface area contributed by atoms with Gasteiger partial charge in [0, 0.05) is 19.8 Å². The number of nitrogen functional groups attached to an aromatic ring is 1. The molecule has 0 aliphatic heterocycles. The van der Waals surface area contributed by atoms with E-state index in [-0.39, 0.29) is 22.0 Å². The van der Waals surface area contributed by atoms with E-state index < -0.39 is 28.5 Å². The third kappa shape index (κ3) is 4.55. The van der Waals surface area contributed by atoms with Crippen molar-refractivity contribution in [1.29, 1.82) is 0 Å². The summed E-state index contributed by atoms with van der Waals surface area (Å²) >= 11 is 0. The molecular formula is C16H19N4O5S+. The van der Waals surface area contributed by atoms with Gasteiger partial charge in [-0.15, -0.1) is 0 Å². The topological polar surface area (TPSA) is 133 Å². The Labute approximate surface area is 150 Å². The number of nitrogens with one attached hydrogen (secondary N) is 2. The number of hydrogen-bond acceptors (Lipinski definition) is 6. The Bertz CT molecular complexity index is 928. The second kappa shape index (κ2) is 7.93. The summed E-state index contributed by atoms with van der Waals surface area (Å²) in [6, 6.07) is 8.79. The van der Waals surface area contributed by atoms with E-state index in [4.69, 9.17) is 10.5 Å².